The van der Waals surface area contributed by atoms with E-state index in [1.165, 1.54) is 19.2 Å². The zero-order valence-corrected chi connectivity index (χ0v) is 15.9. The highest BCUT2D eigenvalue weighted by molar-refractivity contribution is 9.11. The fourth-order valence-corrected chi connectivity index (χ4v) is 3.41. The summed E-state index contributed by atoms with van der Waals surface area (Å²) in [6.45, 7) is 0. The fourth-order valence-electron chi connectivity index (χ4n) is 2.12. The third-order valence-corrected chi connectivity index (χ3v) is 4.18. The molecule has 2 aromatic carbocycles. The highest BCUT2D eigenvalue weighted by atomic mass is 79.9. The van der Waals surface area contributed by atoms with E-state index in [1.54, 1.807) is 30.3 Å². The van der Waals surface area contributed by atoms with Crippen molar-refractivity contribution in [3.63, 3.8) is 0 Å². The van der Waals surface area contributed by atoms with Crippen LogP contribution in [0, 0.1) is 5.82 Å². The fraction of sp³-hybridized carbons (Fsp3) is 0.176. The van der Waals surface area contributed by atoms with Crippen molar-refractivity contribution < 1.29 is 18.7 Å². The van der Waals surface area contributed by atoms with Crippen LogP contribution in [-0.4, -0.2) is 25.0 Å². The number of benzene rings is 2. The molecule has 4 nitrogen and oxygen atoms in total. The van der Waals surface area contributed by atoms with E-state index in [1.807, 2.05) is 0 Å². The molecule has 0 saturated carbocycles. The molecule has 0 unspecified atom stereocenters. The van der Waals surface area contributed by atoms with Crippen molar-refractivity contribution in [3.05, 3.63) is 68.4 Å². The summed E-state index contributed by atoms with van der Waals surface area (Å²) in [7, 11) is 1.25. The molecule has 0 aliphatic heterocycles. The van der Waals surface area contributed by atoms with E-state index in [-0.39, 0.29) is 12.2 Å². The van der Waals surface area contributed by atoms with Crippen molar-refractivity contribution in [2.24, 2.45) is 0 Å². The number of carbonyl (C=O) groups excluding carboxylic acids is 2. The number of methoxy groups -OCH3 is 1. The lowest BCUT2D eigenvalue weighted by Gasteiger charge is -2.17. The molecular formula is C17H14Br2FNO3. The first kappa shape index (κ1) is 18.6. The van der Waals surface area contributed by atoms with Gasteiger partial charge in [0.25, 0.3) is 5.91 Å². The molecule has 7 heteroatoms. The maximum absolute atomic E-state index is 13.0. The molecule has 2 aromatic rings. The SMILES string of the molecule is COC(=O)[C@@H](Cc1ccc(F)cc1)NC(=O)c1cc(Br)cc(Br)c1. The van der Waals surface area contributed by atoms with Crippen molar-refractivity contribution >= 4 is 43.7 Å². The summed E-state index contributed by atoms with van der Waals surface area (Å²) < 4.78 is 19.2. The van der Waals surface area contributed by atoms with Crippen molar-refractivity contribution in [1.82, 2.24) is 5.32 Å². The van der Waals surface area contributed by atoms with Crippen molar-refractivity contribution in [1.29, 1.82) is 0 Å². The summed E-state index contributed by atoms with van der Waals surface area (Å²) in [5.41, 5.74) is 1.10. The van der Waals surface area contributed by atoms with E-state index >= 15 is 0 Å². The minimum atomic E-state index is -0.870. The Morgan fingerprint density at radius 2 is 1.71 bits per heavy atom. The van der Waals surface area contributed by atoms with Crippen LogP contribution in [0.2, 0.25) is 0 Å². The normalized spacial score (nSPS) is 11.7. The Morgan fingerprint density at radius 1 is 1.12 bits per heavy atom. The number of hydrogen-bond acceptors (Lipinski definition) is 3. The molecule has 24 heavy (non-hydrogen) atoms. The summed E-state index contributed by atoms with van der Waals surface area (Å²) in [6.07, 6.45) is 0.202. The second-order valence-corrected chi connectivity index (χ2v) is 6.87. The number of nitrogens with one attached hydrogen (secondary N) is 1. The van der Waals surface area contributed by atoms with Crippen LogP contribution in [0.1, 0.15) is 15.9 Å². The third-order valence-electron chi connectivity index (χ3n) is 3.27. The molecular weight excluding hydrogens is 445 g/mol. The van der Waals surface area contributed by atoms with Gasteiger partial charge in [0.05, 0.1) is 7.11 Å². The first-order valence-electron chi connectivity index (χ1n) is 6.98. The monoisotopic (exact) mass is 457 g/mol. The molecule has 0 aliphatic carbocycles. The van der Waals surface area contributed by atoms with Crippen molar-refractivity contribution in [2.75, 3.05) is 7.11 Å². The lowest BCUT2D eigenvalue weighted by molar-refractivity contribution is -0.142. The molecule has 1 amide bonds. The second kappa shape index (κ2) is 8.39. The molecule has 0 aliphatic rings. The van der Waals surface area contributed by atoms with Crippen molar-refractivity contribution in [2.45, 2.75) is 12.5 Å². The van der Waals surface area contributed by atoms with E-state index in [0.29, 0.717) is 11.1 Å². The minimum absolute atomic E-state index is 0.202. The van der Waals surface area contributed by atoms with Crippen LogP contribution in [-0.2, 0) is 16.0 Å². The highest BCUT2D eigenvalue weighted by Gasteiger charge is 2.23. The molecule has 0 aromatic heterocycles. The number of hydrogen-bond donors (Lipinski definition) is 1. The molecule has 126 valence electrons. The molecule has 1 atom stereocenters. The molecule has 1 N–H and O–H groups in total. The number of halogens is 3. The molecule has 0 bridgehead atoms. The van der Waals surface area contributed by atoms with Crippen LogP contribution in [0.25, 0.3) is 0 Å². The zero-order valence-electron chi connectivity index (χ0n) is 12.7. The highest BCUT2D eigenvalue weighted by Crippen LogP contribution is 2.20. The second-order valence-electron chi connectivity index (χ2n) is 5.04. The summed E-state index contributed by atoms with van der Waals surface area (Å²) in [5.74, 6) is -1.34. The average molecular weight is 459 g/mol. The van der Waals surface area contributed by atoms with Gasteiger partial charge in [-0.05, 0) is 35.9 Å². The summed E-state index contributed by atoms with van der Waals surface area (Å²) in [6, 6.07) is 9.95. The Hall–Kier alpha value is -1.73. The van der Waals surface area contributed by atoms with Gasteiger partial charge in [-0.2, -0.15) is 0 Å². The van der Waals surface area contributed by atoms with Gasteiger partial charge in [-0.15, -0.1) is 0 Å². The minimum Gasteiger partial charge on any atom is -0.467 e. The van der Waals surface area contributed by atoms with E-state index < -0.39 is 17.9 Å². The van der Waals surface area contributed by atoms with Crippen LogP contribution in [0.5, 0.6) is 0 Å². The Balaban J connectivity index is 2.17. The maximum Gasteiger partial charge on any atom is 0.328 e. The average Bonchev–Trinajstić information content (AvgIpc) is 2.54. The quantitative estimate of drug-likeness (QED) is 0.692. The topological polar surface area (TPSA) is 55.4 Å². The van der Waals surface area contributed by atoms with Gasteiger partial charge in [0.2, 0.25) is 0 Å². The van der Waals surface area contributed by atoms with E-state index in [4.69, 9.17) is 4.74 Å². The Labute approximate surface area is 155 Å². The van der Waals surface area contributed by atoms with Gasteiger partial charge in [-0.3, -0.25) is 4.79 Å². The number of rotatable bonds is 5. The van der Waals surface area contributed by atoms with E-state index in [2.05, 4.69) is 37.2 Å². The molecule has 0 saturated heterocycles. The van der Waals surface area contributed by atoms with E-state index in [0.717, 1.165) is 8.95 Å². The Morgan fingerprint density at radius 3 is 2.25 bits per heavy atom. The van der Waals surface area contributed by atoms with Crippen LogP contribution in [0.4, 0.5) is 4.39 Å². The van der Waals surface area contributed by atoms with Gasteiger partial charge < -0.3 is 10.1 Å². The number of ether oxygens (including phenoxy) is 1. The predicted molar refractivity (Wildman–Crippen MR) is 95.2 cm³/mol. The first-order valence-corrected chi connectivity index (χ1v) is 8.57. The van der Waals surface area contributed by atoms with Crippen LogP contribution in [0.3, 0.4) is 0 Å². The first-order chi connectivity index (χ1) is 11.4. The summed E-state index contributed by atoms with van der Waals surface area (Å²) in [5, 5.41) is 2.65. The van der Waals surface area contributed by atoms with Gasteiger partial charge in [-0.1, -0.05) is 44.0 Å². The van der Waals surface area contributed by atoms with Gasteiger partial charge in [0.1, 0.15) is 11.9 Å². The molecule has 0 fully saturated rings. The zero-order chi connectivity index (χ0) is 17.7. The van der Waals surface area contributed by atoms with Gasteiger partial charge in [0.15, 0.2) is 0 Å². The lowest BCUT2D eigenvalue weighted by atomic mass is 10.1. The van der Waals surface area contributed by atoms with Crippen molar-refractivity contribution in [3.8, 4) is 0 Å². The molecule has 0 spiro atoms. The molecule has 2 rings (SSSR count). The maximum atomic E-state index is 13.0. The number of carbonyl (C=O) groups is 2. The summed E-state index contributed by atoms with van der Waals surface area (Å²) in [4.78, 5) is 24.4. The van der Waals surface area contributed by atoms with Gasteiger partial charge in [-0.25, -0.2) is 9.18 Å². The standard InChI is InChI=1S/C17H14Br2FNO3/c1-24-17(23)15(6-10-2-4-14(20)5-3-10)21-16(22)11-7-12(18)9-13(19)8-11/h2-5,7-9,15H,6H2,1H3,(H,21,22)/t15-/m1/s1. The van der Waals surface area contributed by atoms with Crippen LogP contribution in [0.15, 0.2) is 51.4 Å². The molecule has 0 radical (unpaired) electrons. The smallest absolute Gasteiger partial charge is 0.328 e. The van der Waals surface area contributed by atoms with Crippen LogP contribution >= 0.6 is 31.9 Å². The third kappa shape index (κ3) is 5.14. The number of amides is 1. The van der Waals surface area contributed by atoms with Crippen LogP contribution < -0.4 is 5.32 Å². The predicted octanol–water partition coefficient (Wildman–Crippen LogP) is 3.86. The number of esters is 1. The largest absolute Gasteiger partial charge is 0.467 e. The summed E-state index contributed by atoms with van der Waals surface area (Å²) >= 11 is 6.63. The van der Waals surface area contributed by atoms with Gasteiger partial charge >= 0.3 is 5.97 Å². The van der Waals surface area contributed by atoms with E-state index in [9.17, 15) is 14.0 Å². The lowest BCUT2D eigenvalue weighted by Crippen LogP contribution is -2.43. The molecule has 0 heterocycles. The van der Waals surface area contributed by atoms with Gasteiger partial charge in [0, 0.05) is 20.9 Å². The Bertz CT molecular complexity index is 730. The Kier molecular flexibility index (Phi) is 6.51.